The van der Waals surface area contributed by atoms with Gasteiger partial charge in [0.1, 0.15) is 11.5 Å². The highest BCUT2D eigenvalue weighted by molar-refractivity contribution is 5.43. The molecule has 2 heteroatoms. The van der Waals surface area contributed by atoms with E-state index in [0.717, 1.165) is 24.2 Å². The molecule has 1 aromatic carbocycles. The van der Waals surface area contributed by atoms with Crippen LogP contribution in [0.4, 0.5) is 0 Å². The number of hydrogen-bond acceptors (Lipinski definition) is 1. The Labute approximate surface area is 114 Å². The van der Waals surface area contributed by atoms with Crippen LogP contribution in [0.2, 0.25) is 0 Å². The van der Waals surface area contributed by atoms with E-state index >= 15 is 0 Å². The zero-order valence-electron chi connectivity index (χ0n) is 11.5. The predicted molar refractivity (Wildman–Crippen MR) is 77.1 cm³/mol. The maximum absolute atomic E-state index is 4.60. The molecule has 1 aliphatic rings. The van der Waals surface area contributed by atoms with Crippen LogP contribution < -0.4 is 0 Å². The molecule has 96 valence electrons. The Morgan fingerprint density at radius 2 is 2.00 bits per heavy atom. The number of aryl methyl sites for hydroxylation is 4. The van der Waals surface area contributed by atoms with E-state index in [1.165, 1.54) is 29.8 Å². The van der Waals surface area contributed by atoms with E-state index < -0.39 is 0 Å². The third kappa shape index (κ3) is 2.56. The summed E-state index contributed by atoms with van der Waals surface area (Å²) in [7, 11) is 0. The molecule has 0 saturated carbocycles. The van der Waals surface area contributed by atoms with Gasteiger partial charge in [-0.05, 0) is 55.9 Å². The van der Waals surface area contributed by atoms with E-state index in [4.69, 9.17) is 0 Å². The summed E-state index contributed by atoms with van der Waals surface area (Å²) in [5, 5.41) is 0. The predicted octanol–water partition coefficient (Wildman–Crippen LogP) is 3.24. The highest BCUT2D eigenvalue weighted by Crippen LogP contribution is 2.14. The van der Waals surface area contributed by atoms with Gasteiger partial charge in [-0.3, -0.25) is 0 Å². The number of aromatic nitrogens is 2. The van der Waals surface area contributed by atoms with Crippen LogP contribution in [0.5, 0.6) is 0 Å². The zero-order valence-corrected chi connectivity index (χ0v) is 11.5. The molecule has 0 fully saturated rings. The lowest BCUT2D eigenvalue weighted by molar-refractivity contribution is 0.522. The lowest BCUT2D eigenvalue weighted by Gasteiger charge is -2.11. The molecular weight excluding hydrogens is 232 g/mol. The normalized spacial score (nSPS) is 13.6. The van der Waals surface area contributed by atoms with Gasteiger partial charge < -0.3 is 4.57 Å². The maximum atomic E-state index is 4.60. The van der Waals surface area contributed by atoms with Crippen molar-refractivity contribution in [2.24, 2.45) is 0 Å². The number of nitrogens with zero attached hydrogens (tertiary/aromatic N) is 2. The molecule has 0 bridgehead atoms. The minimum absolute atomic E-state index is 0.898. The molecule has 1 aliphatic heterocycles. The first-order valence-electron chi connectivity index (χ1n) is 6.88. The number of imidazole rings is 1. The Morgan fingerprint density at radius 1 is 1.11 bits per heavy atom. The average molecular weight is 250 g/mol. The first-order chi connectivity index (χ1) is 9.22. The first-order valence-corrected chi connectivity index (χ1v) is 6.88. The van der Waals surface area contributed by atoms with Gasteiger partial charge in [-0.15, -0.1) is 0 Å². The fraction of sp³-hybridized carbons (Fsp3) is 0.353. The molecule has 0 radical (unpaired) electrons. The van der Waals surface area contributed by atoms with Gasteiger partial charge in [0.25, 0.3) is 0 Å². The van der Waals surface area contributed by atoms with Crippen molar-refractivity contribution in [2.45, 2.75) is 39.7 Å². The second-order valence-electron chi connectivity index (χ2n) is 5.24. The summed E-state index contributed by atoms with van der Waals surface area (Å²) < 4.78 is 2.24. The molecule has 0 spiro atoms. The van der Waals surface area contributed by atoms with Gasteiger partial charge >= 0.3 is 0 Å². The standard InChI is InChI=1S/C17H18N2/c1-13-6-7-15(11-14(13)2)8-9-16-12-19-10-4-3-5-17(19)18-16/h6-7,11-12H,3-5,10H2,1-2H3. The van der Waals surface area contributed by atoms with Crippen molar-refractivity contribution < 1.29 is 0 Å². The smallest absolute Gasteiger partial charge is 0.131 e. The Hall–Kier alpha value is -2.01. The second-order valence-corrected chi connectivity index (χ2v) is 5.24. The summed E-state index contributed by atoms with van der Waals surface area (Å²) in [5.41, 5.74) is 4.56. The summed E-state index contributed by atoms with van der Waals surface area (Å²) in [6.07, 6.45) is 5.68. The van der Waals surface area contributed by atoms with Crippen molar-refractivity contribution in [3.63, 3.8) is 0 Å². The van der Waals surface area contributed by atoms with Gasteiger partial charge in [0.15, 0.2) is 0 Å². The van der Waals surface area contributed by atoms with Crippen molar-refractivity contribution >= 4 is 0 Å². The van der Waals surface area contributed by atoms with Crippen molar-refractivity contribution in [2.75, 3.05) is 0 Å². The summed E-state index contributed by atoms with van der Waals surface area (Å²) in [6.45, 7) is 5.33. The molecule has 19 heavy (non-hydrogen) atoms. The van der Waals surface area contributed by atoms with Gasteiger partial charge in [-0.2, -0.15) is 0 Å². The van der Waals surface area contributed by atoms with Crippen molar-refractivity contribution in [1.29, 1.82) is 0 Å². The van der Waals surface area contributed by atoms with Gasteiger partial charge in [-0.1, -0.05) is 12.0 Å². The summed E-state index contributed by atoms with van der Waals surface area (Å²) in [4.78, 5) is 4.60. The Kier molecular flexibility index (Phi) is 3.13. The fourth-order valence-corrected chi connectivity index (χ4v) is 2.43. The maximum Gasteiger partial charge on any atom is 0.131 e. The Balaban J connectivity index is 1.86. The fourth-order valence-electron chi connectivity index (χ4n) is 2.43. The van der Waals surface area contributed by atoms with Gasteiger partial charge in [0, 0.05) is 24.7 Å². The van der Waals surface area contributed by atoms with Crippen molar-refractivity contribution in [3.8, 4) is 11.8 Å². The monoisotopic (exact) mass is 250 g/mol. The van der Waals surface area contributed by atoms with E-state index in [2.05, 4.69) is 59.6 Å². The van der Waals surface area contributed by atoms with E-state index in [1.807, 2.05) is 0 Å². The highest BCUT2D eigenvalue weighted by atomic mass is 15.1. The minimum Gasteiger partial charge on any atom is -0.334 e. The third-order valence-electron chi connectivity index (χ3n) is 3.75. The van der Waals surface area contributed by atoms with Gasteiger partial charge in [0.2, 0.25) is 0 Å². The molecule has 1 aromatic heterocycles. The molecule has 0 saturated heterocycles. The SMILES string of the molecule is Cc1ccc(C#Cc2cn3c(n2)CCCC3)cc1C. The van der Waals surface area contributed by atoms with E-state index in [-0.39, 0.29) is 0 Å². The number of fused-ring (bicyclic) bond motifs is 1. The molecule has 0 atom stereocenters. The molecule has 2 nitrogen and oxygen atoms in total. The van der Waals surface area contributed by atoms with Crippen LogP contribution in [-0.2, 0) is 13.0 Å². The third-order valence-corrected chi connectivity index (χ3v) is 3.75. The van der Waals surface area contributed by atoms with Gasteiger partial charge in [-0.25, -0.2) is 4.98 Å². The second kappa shape index (κ2) is 4.93. The summed E-state index contributed by atoms with van der Waals surface area (Å²) in [6, 6.07) is 6.33. The average Bonchev–Trinajstić information content (AvgIpc) is 2.83. The Morgan fingerprint density at radius 3 is 2.79 bits per heavy atom. The lowest BCUT2D eigenvalue weighted by Crippen LogP contribution is -2.08. The van der Waals surface area contributed by atoms with Crippen LogP contribution in [0.1, 0.15) is 41.1 Å². The topological polar surface area (TPSA) is 17.8 Å². The van der Waals surface area contributed by atoms with E-state index in [9.17, 15) is 0 Å². The largest absolute Gasteiger partial charge is 0.334 e. The molecule has 2 aromatic rings. The number of benzene rings is 1. The number of rotatable bonds is 0. The molecule has 0 N–H and O–H groups in total. The molecule has 0 amide bonds. The van der Waals surface area contributed by atoms with Crippen LogP contribution in [0.15, 0.2) is 24.4 Å². The van der Waals surface area contributed by atoms with Crippen molar-refractivity contribution in [3.05, 3.63) is 52.6 Å². The Bertz CT molecular complexity index is 645. The highest BCUT2D eigenvalue weighted by Gasteiger charge is 2.10. The molecule has 0 aliphatic carbocycles. The number of hydrogen-bond donors (Lipinski definition) is 0. The van der Waals surface area contributed by atoms with Crippen LogP contribution in [-0.4, -0.2) is 9.55 Å². The first kappa shape index (κ1) is 12.0. The van der Waals surface area contributed by atoms with Gasteiger partial charge in [0.05, 0.1) is 0 Å². The molecule has 3 rings (SSSR count). The van der Waals surface area contributed by atoms with Crippen LogP contribution in [0.3, 0.4) is 0 Å². The van der Waals surface area contributed by atoms with Crippen LogP contribution in [0, 0.1) is 25.7 Å². The summed E-state index contributed by atoms with van der Waals surface area (Å²) in [5.74, 6) is 7.59. The van der Waals surface area contributed by atoms with Crippen molar-refractivity contribution in [1.82, 2.24) is 9.55 Å². The molecular formula is C17H18N2. The quantitative estimate of drug-likeness (QED) is 0.656. The van der Waals surface area contributed by atoms with Crippen LogP contribution in [0.25, 0.3) is 0 Å². The molecule has 0 unspecified atom stereocenters. The van der Waals surface area contributed by atoms with E-state index in [0.29, 0.717) is 0 Å². The zero-order chi connectivity index (χ0) is 13.2. The van der Waals surface area contributed by atoms with Crippen LogP contribution >= 0.6 is 0 Å². The lowest BCUT2D eigenvalue weighted by atomic mass is 10.1. The summed E-state index contributed by atoms with van der Waals surface area (Å²) >= 11 is 0. The van der Waals surface area contributed by atoms with E-state index in [1.54, 1.807) is 0 Å². The molecule has 2 heterocycles. The minimum atomic E-state index is 0.898.